The first-order valence-electron chi connectivity index (χ1n) is 8.42. The van der Waals surface area contributed by atoms with E-state index in [1.807, 2.05) is 13.8 Å². The Hall–Kier alpha value is -2.87. The molecule has 1 aromatic carbocycles. The van der Waals surface area contributed by atoms with Gasteiger partial charge in [-0.1, -0.05) is 11.6 Å². The molecule has 0 aliphatic heterocycles. The Morgan fingerprint density at radius 3 is 2.36 bits per heavy atom. The normalized spacial score (nSPS) is 11.5. The number of hydrogen-bond acceptors (Lipinski definition) is 5. The van der Waals surface area contributed by atoms with Gasteiger partial charge in [-0.2, -0.15) is 18.2 Å². The van der Waals surface area contributed by atoms with Gasteiger partial charge in [-0.05, 0) is 44.2 Å². The van der Waals surface area contributed by atoms with Gasteiger partial charge in [0.25, 0.3) is 0 Å². The third kappa shape index (κ3) is 4.89. The maximum Gasteiger partial charge on any atom is 0.417 e. The molecule has 0 fully saturated rings. The minimum atomic E-state index is -4.55. The van der Waals surface area contributed by atoms with Crippen molar-refractivity contribution >= 4 is 29.1 Å². The van der Waals surface area contributed by atoms with E-state index in [4.69, 9.17) is 11.6 Å². The van der Waals surface area contributed by atoms with Crippen LogP contribution in [0.5, 0.6) is 0 Å². The largest absolute Gasteiger partial charge is 0.417 e. The molecule has 3 aromatic rings. The lowest BCUT2D eigenvalue weighted by atomic mass is 10.1. The predicted octanol–water partition coefficient (Wildman–Crippen LogP) is 5.77. The van der Waals surface area contributed by atoms with Crippen molar-refractivity contribution in [1.29, 1.82) is 0 Å². The summed E-state index contributed by atoms with van der Waals surface area (Å²) in [5.41, 5.74) is 0.710. The van der Waals surface area contributed by atoms with Gasteiger partial charge >= 0.3 is 6.18 Å². The van der Waals surface area contributed by atoms with Gasteiger partial charge in [-0.3, -0.25) is 4.98 Å². The zero-order valence-corrected chi connectivity index (χ0v) is 15.8. The predicted molar refractivity (Wildman–Crippen MR) is 104 cm³/mol. The summed E-state index contributed by atoms with van der Waals surface area (Å²) >= 11 is 5.68. The van der Waals surface area contributed by atoms with Gasteiger partial charge in [0, 0.05) is 35.8 Å². The fourth-order valence-corrected chi connectivity index (χ4v) is 2.70. The van der Waals surface area contributed by atoms with Crippen LogP contribution in [0.1, 0.15) is 19.4 Å². The number of rotatable bonds is 5. The quantitative estimate of drug-likeness (QED) is 0.561. The molecule has 146 valence electrons. The average molecular weight is 408 g/mol. The Balaban J connectivity index is 1.99. The number of nitrogens with one attached hydrogen (secondary N) is 2. The Morgan fingerprint density at radius 2 is 1.71 bits per heavy atom. The monoisotopic (exact) mass is 407 g/mol. The highest BCUT2D eigenvalue weighted by Crippen LogP contribution is 2.36. The molecule has 0 aliphatic rings. The van der Waals surface area contributed by atoms with Gasteiger partial charge < -0.3 is 10.6 Å². The van der Waals surface area contributed by atoms with Crippen LogP contribution in [0.4, 0.5) is 30.6 Å². The van der Waals surface area contributed by atoms with Gasteiger partial charge in [0.2, 0.25) is 5.95 Å². The van der Waals surface area contributed by atoms with Crippen molar-refractivity contribution in [3.05, 3.63) is 59.4 Å². The molecule has 0 atom stereocenters. The summed E-state index contributed by atoms with van der Waals surface area (Å²) in [6, 6.07) is 8.92. The van der Waals surface area contributed by atoms with Crippen molar-refractivity contribution in [2.75, 3.05) is 10.6 Å². The molecule has 28 heavy (non-hydrogen) atoms. The molecule has 0 bridgehead atoms. The number of aromatic nitrogens is 3. The summed E-state index contributed by atoms with van der Waals surface area (Å²) in [7, 11) is 0. The summed E-state index contributed by atoms with van der Waals surface area (Å²) in [5.74, 6) is 0.706. The average Bonchev–Trinajstić information content (AvgIpc) is 2.62. The first-order valence-corrected chi connectivity index (χ1v) is 8.80. The number of hydrogen-bond donors (Lipinski definition) is 2. The summed E-state index contributed by atoms with van der Waals surface area (Å²) < 4.78 is 39.3. The molecule has 2 aromatic heterocycles. The van der Waals surface area contributed by atoms with Crippen molar-refractivity contribution in [3.63, 3.8) is 0 Å². The number of anilines is 3. The van der Waals surface area contributed by atoms with Gasteiger partial charge in [0.05, 0.1) is 16.3 Å². The molecule has 0 aliphatic carbocycles. The zero-order chi connectivity index (χ0) is 20.3. The van der Waals surface area contributed by atoms with Crippen molar-refractivity contribution in [1.82, 2.24) is 15.0 Å². The van der Waals surface area contributed by atoms with Crippen LogP contribution in [-0.2, 0) is 6.18 Å². The zero-order valence-electron chi connectivity index (χ0n) is 15.0. The van der Waals surface area contributed by atoms with Crippen LogP contribution in [0.25, 0.3) is 11.3 Å². The second-order valence-electron chi connectivity index (χ2n) is 6.31. The molecule has 2 N–H and O–H groups in total. The summed E-state index contributed by atoms with van der Waals surface area (Å²) in [4.78, 5) is 12.8. The first-order chi connectivity index (χ1) is 13.2. The smallest absolute Gasteiger partial charge is 0.352 e. The lowest BCUT2D eigenvalue weighted by molar-refractivity contribution is -0.137. The lowest BCUT2D eigenvalue weighted by Gasteiger charge is -2.14. The van der Waals surface area contributed by atoms with Gasteiger partial charge in [0.15, 0.2) is 0 Å². The third-order valence-electron chi connectivity index (χ3n) is 3.66. The standard InChI is InChI=1S/C19H17ClF3N5/c1-11(2)25-18-27-16(12-5-7-24-8-6-12)10-17(28-18)26-13-3-4-15(20)14(9-13)19(21,22)23/h3-11H,1-2H3,(H2,25,26,27,28). The van der Waals surface area contributed by atoms with E-state index in [0.717, 1.165) is 11.6 Å². The SMILES string of the molecule is CC(C)Nc1nc(Nc2ccc(Cl)c(C(F)(F)F)c2)cc(-c2ccncc2)n1. The van der Waals surface area contributed by atoms with E-state index in [9.17, 15) is 13.2 Å². The van der Waals surface area contributed by atoms with Crippen LogP contribution in [0.3, 0.4) is 0 Å². The molecular formula is C19H17ClF3N5. The van der Waals surface area contributed by atoms with Gasteiger partial charge in [0.1, 0.15) is 5.82 Å². The van der Waals surface area contributed by atoms with Crippen molar-refractivity contribution in [2.24, 2.45) is 0 Å². The number of alkyl halides is 3. The fraction of sp³-hybridized carbons (Fsp3) is 0.211. The molecule has 0 radical (unpaired) electrons. The first kappa shape index (κ1) is 19.9. The molecule has 0 amide bonds. The van der Waals surface area contributed by atoms with Crippen LogP contribution >= 0.6 is 11.6 Å². The van der Waals surface area contributed by atoms with Gasteiger partial charge in [-0.25, -0.2) is 4.98 Å². The molecule has 3 rings (SSSR count). The summed E-state index contributed by atoms with van der Waals surface area (Å²) in [5, 5.41) is 5.65. The lowest BCUT2D eigenvalue weighted by Crippen LogP contribution is -2.13. The van der Waals surface area contributed by atoms with Gasteiger partial charge in [-0.15, -0.1) is 0 Å². The maximum atomic E-state index is 13.1. The van der Waals surface area contributed by atoms with Crippen LogP contribution in [0.15, 0.2) is 48.8 Å². The summed E-state index contributed by atoms with van der Waals surface area (Å²) in [6.07, 6.45) is -1.28. The molecule has 0 spiro atoms. The molecule has 0 saturated heterocycles. The van der Waals surface area contributed by atoms with Crippen LogP contribution < -0.4 is 10.6 Å². The third-order valence-corrected chi connectivity index (χ3v) is 3.99. The second kappa shape index (κ2) is 8.02. The van der Waals surface area contributed by atoms with Crippen molar-refractivity contribution < 1.29 is 13.2 Å². The molecule has 5 nitrogen and oxygen atoms in total. The van der Waals surface area contributed by atoms with E-state index in [1.54, 1.807) is 30.6 Å². The van der Waals surface area contributed by atoms with E-state index < -0.39 is 11.7 Å². The van der Waals surface area contributed by atoms with E-state index in [-0.39, 0.29) is 16.8 Å². The Labute approximate surface area is 165 Å². The van der Waals surface area contributed by atoms with Crippen molar-refractivity contribution in [2.45, 2.75) is 26.1 Å². The van der Waals surface area contributed by atoms with E-state index in [2.05, 4.69) is 25.6 Å². The van der Waals surface area contributed by atoms with E-state index in [0.29, 0.717) is 17.5 Å². The number of pyridine rings is 1. The highest BCUT2D eigenvalue weighted by Gasteiger charge is 2.33. The number of nitrogens with zero attached hydrogens (tertiary/aromatic N) is 3. The molecule has 2 heterocycles. The highest BCUT2D eigenvalue weighted by molar-refractivity contribution is 6.31. The number of halogens is 4. The second-order valence-corrected chi connectivity index (χ2v) is 6.72. The minimum Gasteiger partial charge on any atom is -0.352 e. The Bertz CT molecular complexity index is 962. The van der Waals surface area contributed by atoms with E-state index in [1.165, 1.54) is 12.1 Å². The van der Waals surface area contributed by atoms with Crippen LogP contribution in [0.2, 0.25) is 5.02 Å². The summed E-state index contributed by atoms with van der Waals surface area (Å²) in [6.45, 7) is 3.87. The molecular weight excluding hydrogens is 391 g/mol. The topological polar surface area (TPSA) is 62.7 Å². The van der Waals surface area contributed by atoms with Crippen LogP contribution in [0, 0.1) is 0 Å². The Morgan fingerprint density at radius 1 is 1.00 bits per heavy atom. The minimum absolute atomic E-state index is 0.0768. The fourth-order valence-electron chi connectivity index (χ4n) is 2.47. The molecule has 0 unspecified atom stereocenters. The molecule has 9 heteroatoms. The van der Waals surface area contributed by atoms with E-state index >= 15 is 0 Å². The molecule has 0 saturated carbocycles. The van der Waals surface area contributed by atoms with Crippen LogP contribution in [-0.4, -0.2) is 21.0 Å². The number of benzene rings is 1. The Kier molecular flexibility index (Phi) is 5.69. The highest BCUT2D eigenvalue weighted by atomic mass is 35.5. The van der Waals surface area contributed by atoms with Crippen molar-refractivity contribution in [3.8, 4) is 11.3 Å². The maximum absolute atomic E-state index is 13.1.